The predicted molar refractivity (Wildman–Crippen MR) is 148 cm³/mol. The van der Waals surface area contributed by atoms with Crippen molar-refractivity contribution in [2.24, 2.45) is 0 Å². The summed E-state index contributed by atoms with van der Waals surface area (Å²) in [5.41, 5.74) is 5.26. The SMILES string of the molecule is COc1ccc2[nH]c(=O)c([C@H](c3nnnn3C3CCCC3)N3CCN(c4cccc(C)c4C)CC3)cc2c1. The second-order valence-electron chi connectivity index (χ2n) is 10.6. The first-order valence-corrected chi connectivity index (χ1v) is 13.6. The Hall–Kier alpha value is -3.72. The molecule has 1 saturated heterocycles. The fraction of sp³-hybridized carbons (Fsp3) is 0.448. The van der Waals surface area contributed by atoms with Gasteiger partial charge in [0.05, 0.1) is 13.2 Å². The second-order valence-corrected chi connectivity index (χ2v) is 10.6. The van der Waals surface area contributed by atoms with Gasteiger partial charge in [-0.2, -0.15) is 0 Å². The molecule has 0 bridgehead atoms. The zero-order chi connectivity index (χ0) is 26.2. The minimum absolute atomic E-state index is 0.106. The van der Waals surface area contributed by atoms with Gasteiger partial charge in [-0.3, -0.25) is 9.69 Å². The number of nitrogens with one attached hydrogen (secondary N) is 1. The lowest BCUT2D eigenvalue weighted by atomic mass is 10.0. The molecule has 1 aliphatic heterocycles. The summed E-state index contributed by atoms with van der Waals surface area (Å²) in [6.45, 7) is 7.68. The number of ether oxygens (including phenoxy) is 1. The van der Waals surface area contributed by atoms with Gasteiger partial charge in [-0.05, 0) is 78.6 Å². The van der Waals surface area contributed by atoms with E-state index in [9.17, 15) is 4.79 Å². The molecule has 1 atom stereocenters. The number of aromatic nitrogens is 5. The Balaban J connectivity index is 1.39. The Bertz CT molecular complexity index is 1500. The number of nitrogens with zero attached hydrogens (tertiary/aromatic N) is 6. The zero-order valence-electron chi connectivity index (χ0n) is 22.4. The third-order valence-electron chi connectivity index (χ3n) is 8.40. The molecule has 0 radical (unpaired) electrons. The van der Waals surface area contributed by atoms with Crippen molar-refractivity contribution < 1.29 is 4.74 Å². The van der Waals surface area contributed by atoms with E-state index >= 15 is 0 Å². The van der Waals surface area contributed by atoms with Gasteiger partial charge in [-0.15, -0.1) is 5.10 Å². The molecule has 4 aromatic rings. The van der Waals surface area contributed by atoms with Crippen molar-refractivity contribution in [2.45, 2.75) is 51.6 Å². The smallest absolute Gasteiger partial charge is 0.253 e. The molecule has 0 spiro atoms. The summed E-state index contributed by atoms with van der Waals surface area (Å²) in [4.78, 5) is 21.5. The summed E-state index contributed by atoms with van der Waals surface area (Å²) in [6, 6.07) is 14.1. The van der Waals surface area contributed by atoms with Gasteiger partial charge < -0.3 is 14.6 Å². The van der Waals surface area contributed by atoms with Crippen LogP contribution in [0.2, 0.25) is 0 Å². The van der Waals surface area contributed by atoms with Gasteiger partial charge >= 0.3 is 0 Å². The van der Waals surface area contributed by atoms with E-state index in [1.165, 1.54) is 29.7 Å². The van der Waals surface area contributed by atoms with Crippen molar-refractivity contribution in [3.8, 4) is 5.75 Å². The zero-order valence-corrected chi connectivity index (χ0v) is 22.4. The van der Waals surface area contributed by atoms with E-state index in [-0.39, 0.29) is 17.6 Å². The largest absolute Gasteiger partial charge is 0.497 e. The normalized spacial score (nSPS) is 17.8. The molecule has 2 aromatic heterocycles. The minimum Gasteiger partial charge on any atom is -0.497 e. The first kappa shape index (κ1) is 24.6. The minimum atomic E-state index is -0.342. The maximum Gasteiger partial charge on any atom is 0.253 e. The van der Waals surface area contributed by atoms with Crippen molar-refractivity contribution in [1.29, 1.82) is 0 Å². The Labute approximate surface area is 222 Å². The van der Waals surface area contributed by atoms with E-state index in [1.807, 2.05) is 28.9 Å². The lowest BCUT2D eigenvalue weighted by Crippen LogP contribution is -2.49. The van der Waals surface area contributed by atoms with Crippen molar-refractivity contribution >= 4 is 16.6 Å². The number of aromatic amines is 1. The quantitative estimate of drug-likeness (QED) is 0.414. The van der Waals surface area contributed by atoms with E-state index in [0.717, 1.165) is 61.5 Å². The van der Waals surface area contributed by atoms with Gasteiger partial charge in [0.25, 0.3) is 5.56 Å². The number of rotatable bonds is 6. The highest BCUT2D eigenvalue weighted by molar-refractivity contribution is 5.80. The van der Waals surface area contributed by atoms with Crippen molar-refractivity contribution in [2.75, 3.05) is 38.2 Å². The molecular formula is C29H35N7O2. The van der Waals surface area contributed by atoms with Crippen LogP contribution >= 0.6 is 0 Å². The van der Waals surface area contributed by atoms with Crippen LogP contribution < -0.4 is 15.2 Å². The molecule has 1 N–H and O–H groups in total. The molecule has 0 unspecified atom stereocenters. The first-order valence-electron chi connectivity index (χ1n) is 13.6. The van der Waals surface area contributed by atoms with Gasteiger partial charge in [-0.1, -0.05) is 25.0 Å². The summed E-state index contributed by atoms with van der Waals surface area (Å²) in [6.07, 6.45) is 4.49. The molecule has 1 aliphatic carbocycles. The fourth-order valence-electron chi connectivity index (χ4n) is 6.12. The molecule has 9 nitrogen and oxygen atoms in total. The average Bonchev–Trinajstić information content (AvgIpc) is 3.63. The van der Waals surface area contributed by atoms with Crippen LogP contribution in [0.15, 0.2) is 47.3 Å². The summed E-state index contributed by atoms with van der Waals surface area (Å²) >= 11 is 0. The topological polar surface area (TPSA) is 92.2 Å². The molecular weight excluding hydrogens is 478 g/mol. The number of pyridine rings is 1. The molecule has 38 heavy (non-hydrogen) atoms. The van der Waals surface area contributed by atoms with Crippen LogP contribution in [0.5, 0.6) is 5.75 Å². The first-order chi connectivity index (χ1) is 18.5. The number of piperazine rings is 1. The van der Waals surface area contributed by atoms with Crippen LogP contribution in [-0.4, -0.2) is 63.4 Å². The summed E-state index contributed by atoms with van der Waals surface area (Å²) < 4.78 is 7.45. The van der Waals surface area contributed by atoms with E-state index in [4.69, 9.17) is 4.74 Å². The average molecular weight is 514 g/mol. The van der Waals surface area contributed by atoms with E-state index in [2.05, 4.69) is 62.4 Å². The predicted octanol–water partition coefficient (Wildman–Crippen LogP) is 4.17. The standard InChI is InChI=1S/C29H35N7O2/c1-19-7-6-10-26(20(19)2)34-13-15-35(16-14-34)27(28-31-32-33-36(28)22-8-4-5-9-22)24-18-21-17-23(38-3)11-12-25(21)30-29(24)37/h6-7,10-12,17-18,22,27H,4-5,8-9,13-16H2,1-3H3,(H,30,37)/t27-/m1/s1. The summed E-state index contributed by atoms with van der Waals surface area (Å²) in [5, 5.41) is 14.0. The van der Waals surface area contributed by atoms with Crippen LogP contribution in [-0.2, 0) is 0 Å². The Morgan fingerprint density at radius 2 is 1.82 bits per heavy atom. The Kier molecular flexibility index (Phi) is 6.61. The van der Waals surface area contributed by atoms with Crippen LogP contribution in [0.4, 0.5) is 5.69 Å². The van der Waals surface area contributed by atoms with Gasteiger partial charge in [0.15, 0.2) is 5.82 Å². The van der Waals surface area contributed by atoms with Crippen molar-refractivity contribution in [3.05, 3.63) is 75.3 Å². The molecule has 9 heteroatoms. The van der Waals surface area contributed by atoms with Crippen LogP contribution in [0.1, 0.15) is 60.3 Å². The molecule has 2 fully saturated rings. The number of methoxy groups -OCH3 is 1. The Morgan fingerprint density at radius 3 is 2.58 bits per heavy atom. The summed E-state index contributed by atoms with van der Waals surface area (Å²) in [5.74, 6) is 1.51. The molecule has 1 saturated carbocycles. The fourth-order valence-corrected chi connectivity index (χ4v) is 6.12. The highest BCUT2D eigenvalue weighted by Crippen LogP contribution is 2.35. The van der Waals surface area contributed by atoms with E-state index in [1.54, 1.807) is 7.11 Å². The maximum absolute atomic E-state index is 13.6. The van der Waals surface area contributed by atoms with Crippen molar-refractivity contribution in [1.82, 2.24) is 30.1 Å². The number of hydrogen-bond acceptors (Lipinski definition) is 7. The van der Waals surface area contributed by atoms with E-state index in [0.29, 0.717) is 5.56 Å². The highest BCUT2D eigenvalue weighted by Gasteiger charge is 2.35. The van der Waals surface area contributed by atoms with Crippen LogP contribution in [0.25, 0.3) is 10.9 Å². The number of tetrazole rings is 1. The van der Waals surface area contributed by atoms with Gasteiger partial charge in [0, 0.05) is 48.3 Å². The third kappa shape index (κ3) is 4.45. The van der Waals surface area contributed by atoms with Gasteiger partial charge in [0.1, 0.15) is 11.8 Å². The molecule has 2 aliphatic rings. The summed E-state index contributed by atoms with van der Waals surface area (Å²) in [7, 11) is 1.65. The number of benzene rings is 2. The van der Waals surface area contributed by atoms with Gasteiger partial charge in [0.2, 0.25) is 0 Å². The number of anilines is 1. The van der Waals surface area contributed by atoms with Gasteiger partial charge in [-0.25, -0.2) is 4.68 Å². The second kappa shape index (κ2) is 10.2. The molecule has 0 amide bonds. The number of H-pyrrole nitrogens is 1. The van der Waals surface area contributed by atoms with Crippen LogP contribution in [0.3, 0.4) is 0 Å². The monoisotopic (exact) mass is 513 g/mol. The Morgan fingerprint density at radius 1 is 1.03 bits per heavy atom. The molecule has 198 valence electrons. The molecule has 3 heterocycles. The molecule has 6 rings (SSSR count). The lowest BCUT2D eigenvalue weighted by molar-refractivity contribution is 0.196. The van der Waals surface area contributed by atoms with E-state index < -0.39 is 0 Å². The number of hydrogen-bond donors (Lipinski definition) is 1. The maximum atomic E-state index is 13.6. The van der Waals surface area contributed by atoms with Crippen molar-refractivity contribution in [3.63, 3.8) is 0 Å². The third-order valence-corrected chi connectivity index (χ3v) is 8.40. The highest BCUT2D eigenvalue weighted by atomic mass is 16.5. The number of aryl methyl sites for hydroxylation is 1. The number of fused-ring (bicyclic) bond motifs is 1. The molecule has 2 aromatic carbocycles. The lowest BCUT2D eigenvalue weighted by Gasteiger charge is -2.40. The van der Waals surface area contributed by atoms with Crippen LogP contribution in [0, 0.1) is 13.8 Å².